The summed E-state index contributed by atoms with van der Waals surface area (Å²) in [6.45, 7) is -0.655. The summed E-state index contributed by atoms with van der Waals surface area (Å²) in [6, 6.07) is 33.1. The number of fused-ring (bicyclic) bond motifs is 22. The van der Waals surface area contributed by atoms with Crippen LogP contribution in [-0.4, -0.2) is 6.71 Å². The summed E-state index contributed by atoms with van der Waals surface area (Å²) >= 11 is 0. The van der Waals surface area contributed by atoms with E-state index in [0.29, 0.717) is 89.6 Å². The number of hydrogen-bond acceptors (Lipinski definition) is 6. The summed E-state index contributed by atoms with van der Waals surface area (Å²) < 4.78 is 84.9. The third-order valence-corrected chi connectivity index (χ3v) is 11.5. The molecule has 0 fully saturated rings. The van der Waals surface area contributed by atoms with Crippen LogP contribution in [0, 0.1) is 0 Å². The largest absolute Gasteiger partial charge is 0.456 e. The van der Waals surface area contributed by atoms with E-state index in [1.165, 1.54) is 0 Å². The first-order valence-electron chi connectivity index (χ1n) is 20.5. The van der Waals surface area contributed by atoms with E-state index in [0.717, 1.165) is 43.1 Å². The van der Waals surface area contributed by atoms with Crippen LogP contribution in [0.2, 0.25) is 0 Å². The third-order valence-electron chi connectivity index (χ3n) is 11.5. The fraction of sp³-hybridized carbons (Fsp3) is 0. The third kappa shape index (κ3) is 3.43. The van der Waals surface area contributed by atoms with Gasteiger partial charge in [-0.05, 0) is 47.5 Å². The Labute approximate surface area is 317 Å². The monoisotopic (exact) mass is 711 g/mol. The predicted molar refractivity (Wildman–Crippen MR) is 219 cm³/mol. The van der Waals surface area contributed by atoms with Gasteiger partial charge in [-0.1, -0.05) is 103 Å². The number of para-hydroxylation sites is 4. The van der Waals surface area contributed by atoms with Crippen molar-refractivity contribution in [3.05, 3.63) is 139 Å². The molecule has 0 aliphatic carbocycles. The second-order valence-corrected chi connectivity index (χ2v) is 14.2. The molecule has 0 saturated heterocycles. The van der Waals surface area contributed by atoms with Gasteiger partial charge in [0.1, 0.15) is 45.0 Å². The van der Waals surface area contributed by atoms with Gasteiger partial charge in [0.05, 0.1) is 6.85 Å². The molecule has 55 heavy (non-hydrogen) atoms. The maximum absolute atomic E-state index is 8.95. The van der Waals surface area contributed by atoms with Gasteiger partial charge in [-0.15, -0.1) is 0 Å². The van der Waals surface area contributed by atoms with E-state index >= 15 is 0 Å². The van der Waals surface area contributed by atoms with E-state index in [2.05, 4.69) is 12.1 Å². The van der Waals surface area contributed by atoms with E-state index in [1.54, 1.807) is 12.1 Å². The van der Waals surface area contributed by atoms with E-state index < -0.39 is 24.8 Å². The van der Waals surface area contributed by atoms with Gasteiger partial charge >= 0.3 is 0 Å². The van der Waals surface area contributed by atoms with Crippen LogP contribution in [0.1, 0.15) is 6.85 Å². The second kappa shape index (κ2) is 9.78. The van der Waals surface area contributed by atoms with Crippen molar-refractivity contribution in [2.75, 3.05) is 0 Å². The predicted octanol–water partition coefficient (Wildman–Crippen LogP) is 11.7. The van der Waals surface area contributed by atoms with Crippen molar-refractivity contribution in [2.45, 2.75) is 0 Å². The minimum atomic E-state index is -0.655. The number of benzene rings is 8. The SMILES string of the molecule is [2H]c1c([2H])c([2H])c(-c2cc3c4c(c2)Oc2c(c5oc6ccccc6c5c5c2oc2ccccc25)B4c2c(c4oc5ccccc5c4c4c2oc2ccccc24)O3)c([2H])c1[2H]. The van der Waals surface area contributed by atoms with Gasteiger partial charge in [0.2, 0.25) is 0 Å². The summed E-state index contributed by atoms with van der Waals surface area (Å²) in [6.07, 6.45) is 0. The quantitative estimate of drug-likeness (QED) is 0.158. The van der Waals surface area contributed by atoms with E-state index in [9.17, 15) is 0 Å². The molecular formula is C48H23BO6. The molecule has 4 aromatic heterocycles. The van der Waals surface area contributed by atoms with Gasteiger partial charge in [-0.25, -0.2) is 0 Å². The van der Waals surface area contributed by atoms with Crippen molar-refractivity contribution in [3.8, 4) is 34.1 Å². The van der Waals surface area contributed by atoms with Crippen LogP contribution < -0.4 is 25.9 Å². The Kier molecular flexibility index (Phi) is 4.27. The lowest BCUT2D eigenvalue weighted by atomic mass is 9.34. The average molecular weight is 712 g/mol. The van der Waals surface area contributed by atoms with Crippen molar-refractivity contribution in [2.24, 2.45) is 0 Å². The molecule has 0 amide bonds. The standard InChI is InChI=1S/C48H23BO6/c1-2-12-24(13-3-1)25-22-34-40-35(23-25)55-48-42(44-37(27-15-5-9-19-31(27)51-44)39-29-17-7-11-21-33(29)53-46(39)48)49(40)41-43-36(26-14-4-8-18-30(26)50-43)38-28-16-6-10-20-32(28)52-45(38)47(41)54-34/h1-23H/i1D,2D,3D,12D,13D. The van der Waals surface area contributed by atoms with Gasteiger partial charge in [-0.2, -0.15) is 0 Å². The van der Waals surface area contributed by atoms with Crippen molar-refractivity contribution in [1.29, 1.82) is 0 Å². The van der Waals surface area contributed by atoms with Crippen molar-refractivity contribution in [1.82, 2.24) is 0 Å². The molecule has 0 bridgehead atoms. The molecule has 6 heterocycles. The van der Waals surface area contributed by atoms with Crippen molar-refractivity contribution >= 4 is 111 Å². The van der Waals surface area contributed by atoms with Crippen LogP contribution >= 0.6 is 0 Å². The number of hydrogen-bond donors (Lipinski definition) is 0. The second-order valence-electron chi connectivity index (χ2n) is 14.2. The zero-order valence-electron chi connectivity index (χ0n) is 33.4. The van der Waals surface area contributed by atoms with Gasteiger partial charge in [-0.3, -0.25) is 0 Å². The summed E-state index contributed by atoms with van der Waals surface area (Å²) in [7, 11) is 0. The van der Waals surface area contributed by atoms with E-state index in [4.69, 9.17) is 34.0 Å². The molecule has 0 N–H and O–H groups in total. The first kappa shape index (κ1) is 24.0. The molecule has 0 radical (unpaired) electrons. The molecule has 2 aliphatic rings. The fourth-order valence-corrected chi connectivity index (χ4v) is 9.30. The van der Waals surface area contributed by atoms with Crippen LogP contribution in [0.25, 0.3) is 98.9 Å². The highest BCUT2D eigenvalue weighted by Gasteiger charge is 2.48. The van der Waals surface area contributed by atoms with Crippen LogP contribution in [0.3, 0.4) is 0 Å². The molecule has 254 valence electrons. The smallest absolute Gasteiger partial charge is 0.270 e. The summed E-state index contributed by atoms with van der Waals surface area (Å²) in [5.74, 6) is 1.58. The molecule has 12 aromatic rings. The maximum Gasteiger partial charge on any atom is 0.270 e. The molecular weight excluding hydrogens is 683 g/mol. The highest BCUT2D eigenvalue weighted by Crippen LogP contribution is 2.51. The van der Waals surface area contributed by atoms with Crippen molar-refractivity contribution < 1.29 is 34.0 Å². The average Bonchev–Trinajstić information content (AvgIpc) is 4.05. The van der Waals surface area contributed by atoms with Gasteiger partial charge < -0.3 is 27.1 Å². The Balaban J connectivity index is 1.21. The topological polar surface area (TPSA) is 71.0 Å². The van der Waals surface area contributed by atoms with Gasteiger partial charge in [0.15, 0.2) is 22.7 Å². The Morgan fingerprint density at radius 2 is 0.782 bits per heavy atom. The van der Waals surface area contributed by atoms with Gasteiger partial charge in [0, 0.05) is 59.5 Å². The minimum Gasteiger partial charge on any atom is -0.456 e. The fourth-order valence-electron chi connectivity index (χ4n) is 9.30. The zero-order valence-corrected chi connectivity index (χ0v) is 28.4. The summed E-state index contributed by atoms with van der Waals surface area (Å²) in [5.41, 5.74) is 7.41. The highest BCUT2D eigenvalue weighted by atomic mass is 16.5. The summed E-state index contributed by atoms with van der Waals surface area (Å²) in [5, 5.41) is 7.07. The Hall–Kier alpha value is -7.38. The summed E-state index contributed by atoms with van der Waals surface area (Å²) in [4.78, 5) is 0. The normalized spacial score (nSPS) is 14.6. The van der Waals surface area contributed by atoms with Crippen molar-refractivity contribution in [3.63, 3.8) is 0 Å². The molecule has 2 aliphatic heterocycles. The Morgan fingerprint density at radius 1 is 0.400 bits per heavy atom. The minimum absolute atomic E-state index is 0.0173. The maximum atomic E-state index is 8.95. The highest BCUT2D eigenvalue weighted by molar-refractivity contribution is 7.01. The molecule has 7 heteroatoms. The molecule has 0 unspecified atom stereocenters. The lowest BCUT2D eigenvalue weighted by Gasteiger charge is -2.33. The Bertz CT molecular complexity index is 3740. The molecule has 0 saturated carbocycles. The first-order chi connectivity index (χ1) is 29.4. The lowest BCUT2D eigenvalue weighted by Crippen LogP contribution is -2.57. The molecule has 0 spiro atoms. The molecule has 8 aromatic carbocycles. The number of furan rings is 4. The molecule has 0 atom stereocenters. The van der Waals surface area contributed by atoms with Crippen LogP contribution in [0.5, 0.6) is 23.0 Å². The van der Waals surface area contributed by atoms with Gasteiger partial charge in [0.25, 0.3) is 6.71 Å². The van der Waals surface area contributed by atoms with Crippen LogP contribution in [0.4, 0.5) is 0 Å². The van der Waals surface area contributed by atoms with Crippen LogP contribution in [-0.2, 0) is 0 Å². The van der Waals surface area contributed by atoms with E-state index in [1.807, 2.05) is 84.9 Å². The van der Waals surface area contributed by atoms with E-state index in [-0.39, 0.29) is 17.6 Å². The van der Waals surface area contributed by atoms with Crippen LogP contribution in [0.15, 0.2) is 157 Å². The Morgan fingerprint density at radius 3 is 1.22 bits per heavy atom. The molecule has 14 rings (SSSR count). The lowest BCUT2D eigenvalue weighted by molar-refractivity contribution is 0.459. The number of rotatable bonds is 1. The number of ether oxygens (including phenoxy) is 2. The first-order valence-corrected chi connectivity index (χ1v) is 18.0. The zero-order chi connectivity index (χ0) is 39.9. The molecule has 6 nitrogen and oxygen atoms in total.